The van der Waals surface area contributed by atoms with Crippen molar-refractivity contribution in [1.29, 1.82) is 0 Å². The van der Waals surface area contributed by atoms with Crippen LogP contribution in [0.1, 0.15) is 11.1 Å². The van der Waals surface area contributed by atoms with E-state index in [1.807, 2.05) is 0 Å². The number of rotatable bonds is 2. The number of halogens is 4. The van der Waals surface area contributed by atoms with Crippen LogP contribution in [0.4, 0.5) is 18.9 Å². The lowest BCUT2D eigenvalue weighted by Crippen LogP contribution is -2.41. The van der Waals surface area contributed by atoms with Crippen molar-refractivity contribution < 1.29 is 31.3 Å². The van der Waals surface area contributed by atoms with Gasteiger partial charge in [0.25, 0.3) is 14.7 Å². The minimum absolute atomic E-state index is 0.118. The van der Waals surface area contributed by atoms with Gasteiger partial charge in [-0.3, -0.25) is 14.9 Å². The van der Waals surface area contributed by atoms with Gasteiger partial charge in [-0.25, -0.2) is 8.42 Å². The van der Waals surface area contributed by atoms with Gasteiger partial charge in [0.2, 0.25) is 0 Å². The van der Waals surface area contributed by atoms with Gasteiger partial charge in [0.05, 0.1) is 15.2 Å². The van der Waals surface area contributed by atoms with Crippen molar-refractivity contribution in [2.45, 2.75) is 24.2 Å². The van der Waals surface area contributed by atoms with Crippen molar-refractivity contribution in [3.05, 3.63) is 45.5 Å². The summed E-state index contributed by atoms with van der Waals surface area (Å²) >= 11 is 0. The minimum Gasteiger partial charge on any atom is -0.326 e. The van der Waals surface area contributed by atoms with E-state index in [0.29, 0.717) is 4.90 Å². The predicted octanol–water partition coefficient (Wildman–Crippen LogP) is 3.08. The van der Waals surface area contributed by atoms with Crippen molar-refractivity contribution in [2.75, 3.05) is 0 Å². The smallest absolute Gasteiger partial charge is 0.326 e. The number of carbonyl (C=O) groups is 1. The first-order valence-electron chi connectivity index (χ1n) is 6.94. The molecule has 26 heavy (non-hydrogen) atoms. The van der Waals surface area contributed by atoms with Crippen LogP contribution in [-0.2, 0) is 26.9 Å². The Morgan fingerprint density at radius 2 is 1.65 bits per heavy atom. The summed E-state index contributed by atoms with van der Waals surface area (Å²) in [5, 5.41) is 11.1. The van der Waals surface area contributed by atoms with Crippen LogP contribution in [0.3, 0.4) is 0 Å². The highest BCUT2D eigenvalue weighted by Crippen LogP contribution is 2.40. The van der Waals surface area contributed by atoms with Crippen LogP contribution in [0.25, 0.3) is 10.8 Å². The molecule has 3 rings (SSSR count). The first kappa shape index (κ1) is 18.4. The fourth-order valence-electron chi connectivity index (χ4n) is 3.00. The zero-order valence-corrected chi connectivity index (χ0v) is 14.2. The Hall–Kier alpha value is -2.40. The van der Waals surface area contributed by atoms with Crippen molar-refractivity contribution in [2.24, 2.45) is 0 Å². The molecule has 138 valence electrons. The van der Waals surface area contributed by atoms with Crippen molar-refractivity contribution >= 4 is 42.1 Å². The highest BCUT2D eigenvalue weighted by Gasteiger charge is 2.43. The number of carbonyl (C=O) groups excluding carboxylic acids is 1. The van der Waals surface area contributed by atoms with Gasteiger partial charge < -0.3 is 4.90 Å². The number of nitro groups is 1. The van der Waals surface area contributed by atoms with Gasteiger partial charge in [-0.1, -0.05) is 6.07 Å². The van der Waals surface area contributed by atoms with Gasteiger partial charge in [-0.2, -0.15) is 13.2 Å². The average Bonchev–Trinajstić information content (AvgIpc) is 2.52. The molecule has 1 aliphatic rings. The molecule has 12 heteroatoms. The molecule has 0 saturated carbocycles. The van der Waals surface area contributed by atoms with Gasteiger partial charge in [-0.15, -0.1) is 0 Å². The van der Waals surface area contributed by atoms with E-state index >= 15 is 0 Å². The maximum absolute atomic E-state index is 12.7. The molecule has 0 aromatic heterocycles. The molecule has 2 aromatic rings. The SMILES string of the molecule is O=C(N1Cc2ccc([N+](=O)[O-])c3c(S(=O)(=O)Cl)ccc(c23)C1)C(F)(F)F. The van der Waals surface area contributed by atoms with Gasteiger partial charge in [0.1, 0.15) is 0 Å². The Balaban J connectivity index is 2.29. The lowest BCUT2D eigenvalue weighted by atomic mass is 9.94. The molecule has 0 spiro atoms. The van der Waals surface area contributed by atoms with Crippen LogP contribution in [0.15, 0.2) is 29.2 Å². The predicted molar refractivity (Wildman–Crippen MR) is 84.0 cm³/mol. The summed E-state index contributed by atoms with van der Waals surface area (Å²) in [4.78, 5) is 22.0. The fraction of sp³-hybridized carbons (Fsp3) is 0.214. The number of amides is 1. The van der Waals surface area contributed by atoms with E-state index in [1.54, 1.807) is 0 Å². The van der Waals surface area contributed by atoms with E-state index in [1.165, 1.54) is 12.1 Å². The van der Waals surface area contributed by atoms with Crippen molar-refractivity contribution in [3.8, 4) is 0 Å². The molecule has 0 saturated heterocycles. The summed E-state index contributed by atoms with van der Waals surface area (Å²) in [5.41, 5.74) is -0.223. The Morgan fingerprint density at radius 1 is 1.12 bits per heavy atom. The molecule has 0 fully saturated rings. The number of alkyl halides is 3. The van der Waals surface area contributed by atoms with E-state index < -0.39 is 49.7 Å². The van der Waals surface area contributed by atoms with Crippen LogP contribution in [0.5, 0.6) is 0 Å². The van der Waals surface area contributed by atoms with Crippen LogP contribution in [0.2, 0.25) is 0 Å². The highest BCUT2D eigenvalue weighted by molar-refractivity contribution is 8.14. The summed E-state index contributed by atoms with van der Waals surface area (Å²) in [6, 6.07) is 4.36. The first-order valence-corrected chi connectivity index (χ1v) is 9.25. The summed E-state index contributed by atoms with van der Waals surface area (Å²) in [7, 11) is 1.01. The van der Waals surface area contributed by atoms with E-state index in [4.69, 9.17) is 10.7 Å². The molecule has 7 nitrogen and oxygen atoms in total. The molecular weight excluding hydrogens is 401 g/mol. The summed E-state index contributed by atoms with van der Waals surface area (Å²) in [6.45, 7) is -0.933. The number of hydrogen-bond donors (Lipinski definition) is 0. The number of benzene rings is 2. The third kappa shape index (κ3) is 2.97. The average molecular weight is 409 g/mol. The highest BCUT2D eigenvalue weighted by atomic mass is 35.7. The molecule has 2 aromatic carbocycles. The standard InChI is InChI=1S/C14H8ClF3N2O5S/c15-26(24,25)10-4-2-8-6-19(13(21)14(16,17)18)5-7-1-3-9(20(22)23)12(10)11(7)8/h1-4H,5-6H2. The zero-order valence-electron chi connectivity index (χ0n) is 12.6. The molecule has 1 aliphatic heterocycles. The first-order chi connectivity index (χ1) is 11.9. The topological polar surface area (TPSA) is 97.6 Å². The third-order valence-electron chi connectivity index (χ3n) is 3.98. The second-order valence-corrected chi connectivity index (χ2v) is 8.10. The number of hydrogen-bond acceptors (Lipinski definition) is 5. The van der Waals surface area contributed by atoms with Crippen LogP contribution in [0, 0.1) is 10.1 Å². The quantitative estimate of drug-likeness (QED) is 0.432. The molecule has 0 radical (unpaired) electrons. The maximum atomic E-state index is 12.7. The lowest BCUT2D eigenvalue weighted by molar-refractivity contribution is -0.383. The molecule has 0 bridgehead atoms. The minimum atomic E-state index is -5.07. The van der Waals surface area contributed by atoms with Crippen molar-refractivity contribution in [1.82, 2.24) is 4.90 Å². The largest absolute Gasteiger partial charge is 0.471 e. The Bertz CT molecular complexity index is 1060. The van der Waals surface area contributed by atoms with E-state index in [-0.39, 0.29) is 21.9 Å². The Kier molecular flexibility index (Phi) is 4.11. The van der Waals surface area contributed by atoms with Crippen LogP contribution < -0.4 is 0 Å². The van der Waals surface area contributed by atoms with E-state index in [2.05, 4.69) is 0 Å². The Labute approximate surface area is 148 Å². The summed E-state index contributed by atoms with van der Waals surface area (Å²) in [5.74, 6) is -2.05. The molecular formula is C14H8ClF3N2O5S. The fourth-order valence-corrected chi connectivity index (χ4v) is 4.07. The number of nitro benzene ring substituents is 1. The normalized spacial score (nSPS) is 14.5. The monoisotopic (exact) mass is 408 g/mol. The number of non-ortho nitro benzene ring substituents is 1. The molecule has 0 atom stereocenters. The van der Waals surface area contributed by atoms with Gasteiger partial charge in [-0.05, 0) is 28.6 Å². The summed E-state index contributed by atoms with van der Waals surface area (Å²) in [6.07, 6.45) is -5.07. The van der Waals surface area contributed by atoms with Gasteiger partial charge in [0, 0.05) is 29.8 Å². The molecule has 1 heterocycles. The van der Waals surface area contributed by atoms with Crippen molar-refractivity contribution in [3.63, 3.8) is 0 Å². The van der Waals surface area contributed by atoms with Crippen LogP contribution >= 0.6 is 10.7 Å². The maximum Gasteiger partial charge on any atom is 0.471 e. The Morgan fingerprint density at radius 3 is 2.12 bits per heavy atom. The van der Waals surface area contributed by atoms with Gasteiger partial charge in [0.15, 0.2) is 0 Å². The summed E-state index contributed by atoms with van der Waals surface area (Å²) < 4.78 is 61.7. The molecule has 0 N–H and O–H groups in total. The molecule has 1 amide bonds. The molecule has 0 unspecified atom stereocenters. The second-order valence-electron chi connectivity index (χ2n) is 5.57. The van der Waals surface area contributed by atoms with E-state index in [0.717, 1.165) is 12.1 Å². The molecule has 0 aliphatic carbocycles. The lowest BCUT2D eigenvalue weighted by Gasteiger charge is -2.30. The number of nitrogens with zero attached hydrogens (tertiary/aromatic N) is 2. The van der Waals surface area contributed by atoms with E-state index in [9.17, 15) is 36.5 Å². The second kappa shape index (κ2) is 5.81. The van der Waals surface area contributed by atoms with Crippen LogP contribution in [-0.4, -0.2) is 30.3 Å². The van der Waals surface area contributed by atoms with Gasteiger partial charge >= 0.3 is 12.1 Å². The third-order valence-corrected chi connectivity index (χ3v) is 5.35. The zero-order chi connectivity index (χ0) is 19.4.